The molecule has 0 aromatic heterocycles. The molecule has 1 aromatic carbocycles. The Kier molecular flexibility index (Phi) is 3.39. The number of fused-ring (bicyclic) bond motifs is 1. The fraction of sp³-hybridized carbons (Fsp3) is 0.529. The monoisotopic (exact) mass is 239 g/mol. The maximum Gasteiger partial charge on any atom is 0.0725 e. The van der Waals surface area contributed by atoms with Crippen LogP contribution < -0.4 is 5.32 Å². The van der Waals surface area contributed by atoms with Crippen LogP contribution in [-0.2, 0) is 0 Å². The van der Waals surface area contributed by atoms with Crippen LogP contribution in [0.4, 0.5) is 0 Å². The number of aryl methyl sites for hydroxylation is 1. The molecule has 2 aliphatic rings. The highest BCUT2D eigenvalue weighted by Gasteiger charge is 2.36. The Labute approximate surface area is 110 Å². The lowest BCUT2D eigenvalue weighted by Crippen LogP contribution is -2.26. The minimum Gasteiger partial charge on any atom is -0.303 e. The molecule has 3 rings (SSSR count). The van der Waals surface area contributed by atoms with Crippen LogP contribution in [0.2, 0.25) is 0 Å². The van der Waals surface area contributed by atoms with E-state index in [1.165, 1.54) is 37.8 Å². The average Bonchev–Trinajstić information content (AvgIpc) is 2.80. The number of hydrogen-bond donors (Lipinski definition) is 1. The zero-order chi connectivity index (χ0) is 12.4. The largest absolute Gasteiger partial charge is 0.303 e. The highest BCUT2D eigenvalue weighted by Crippen LogP contribution is 2.35. The van der Waals surface area contributed by atoms with E-state index in [2.05, 4.69) is 48.3 Å². The standard InChI is InChI=1S/C17H21N/c1-13-5-4-6-14(11-13)9-10-17-16-8-3-2-7-15(16)12-18-17/h4-6,11,15-18H,2-3,7-8,12H2,1H3. The van der Waals surface area contributed by atoms with Gasteiger partial charge in [-0.1, -0.05) is 36.8 Å². The number of hydrogen-bond acceptors (Lipinski definition) is 1. The predicted octanol–water partition coefficient (Wildman–Crippen LogP) is 3.12. The van der Waals surface area contributed by atoms with Crippen molar-refractivity contribution in [2.24, 2.45) is 11.8 Å². The summed E-state index contributed by atoms with van der Waals surface area (Å²) in [7, 11) is 0. The van der Waals surface area contributed by atoms with Crippen molar-refractivity contribution in [3.63, 3.8) is 0 Å². The van der Waals surface area contributed by atoms with Gasteiger partial charge in [-0.25, -0.2) is 0 Å². The lowest BCUT2D eigenvalue weighted by atomic mass is 9.78. The summed E-state index contributed by atoms with van der Waals surface area (Å²) < 4.78 is 0. The third-order valence-electron chi connectivity index (χ3n) is 4.39. The molecule has 1 saturated carbocycles. The van der Waals surface area contributed by atoms with Gasteiger partial charge in [0, 0.05) is 5.56 Å². The molecule has 1 saturated heterocycles. The molecule has 2 fully saturated rings. The van der Waals surface area contributed by atoms with E-state index in [0.29, 0.717) is 6.04 Å². The van der Waals surface area contributed by atoms with Crippen molar-refractivity contribution in [3.05, 3.63) is 35.4 Å². The third kappa shape index (κ3) is 2.44. The predicted molar refractivity (Wildman–Crippen MR) is 75.3 cm³/mol. The topological polar surface area (TPSA) is 12.0 Å². The average molecular weight is 239 g/mol. The van der Waals surface area contributed by atoms with Crippen LogP contribution in [0.5, 0.6) is 0 Å². The summed E-state index contributed by atoms with van der Waals surface area (Å²) in [5.74, 6) is 8.50. The molecule has 1 heterocycles. The van der Waals surface area contributed by atoms with Gasteiger partial charge in [0.2, 0.25) is 0 Å². The maximum absolute atomic E-state index is 3.61. The Morgan fingerprint density at radius 2 is 2.11 bits per heavy atom. The lowest BCUT2D eigenvalue weighted by Gasteiger charge is -2.25. The molecule has 0 bridgehead atoms. The first-order valence-electron chi connectivity index (χ1n) is 7.14. The molecular weight excluding hydrogens is 218 g/mol. The summed E-state index contributed by atoms with van der Waals surface area (Å²) in [4.78, 5) is 0. The number of benzene rings is 1. The van der Waals surface area contributed by atoms with Gasteiger partial charge in [0.05, 0.1) is 6.04 Å². The van der Waals surface area contributed by atoms with E-state index >= 15 is 0 Å². The Bertz CT molecular complexity index is 480. The second-order valence-corrected chi connectivity index (χ2v) is 5.73. The van der Waals surface area contributed by atoms with Gasteiger partial charge in [-0.3, -0.25) is 0 Å². The maximum atomic E-state index is 3.61. The van der Waals surface area contributed by atoms with Crippen molar-refractivity contribution >= 4 is 0 Å². The molecule has 3 unspecified atom stereocenters. The van der Waals surface area contributed by atoms with Crippen LogP contribution in [0.15, 0.2) is 24.3 Å². The summed E-state index contributed by atoms with van der Waals surface area (Å²) in [6.07, 6.45) is 5.58. The van der Waals surface area contributed by atoms with E-state index in [4.69, 9.17) is 0 Å². The van der Waals surface area contributed by atoms with Gasteiger partial charge in [-0.05, 0) is 55.8 Å². The third-order valence-corrected chi connectivity index (χ3v) is 4.39. The lowest BCUT2D eigenvalue weighted by molar-refractivity contribution is 0.284. The molecule has 0 radical (unpaired) electrons. The van der Waals surface area contributed by atoms with E-state index in [-0.39, 0.29) is 0 Å². The minimum absolute atomic E-state index is 0.427. The van der Waals surface area contributed by atoms with Crippen LogP contribution >= 0.6 is 0 Å². The Balaban J connectivity index is 1.73. The van der Waals surface area contributed by atoms with Crippen molar-refractivity contribution in [2.45, 2.75) is 38.6 Å². The molecule has 1 aliphatic heterocycles. The molecule has 1 nitrogen and oxygen atoms in total. The second kappa shape index (κ2) is 5.16. The zero-order valence-electron chi connectivity index (χ0n) is 11.1. The van der Waals surface area contributed by atoms with Crippen LogP contribution in [-0.4, -0.2) is 12.6 Å². The molecule has 3 atom stereocenters. The summed E-state index contributed by atoms with van der Waals surface area (Å²) >= 11 is 0. The van der Waals surface area contributed by atoms with E-state index in [1.807, 2.05) is 0 Å². The smallest absolute Gasteiger partial charge is 0.0725 e. The highest BCUT2D eigenvalue weighted by atomic mass is 15.0. The Morgan fingerprint density at radius 1 is 1.22 bits per heavy atom. The van der Waals surface area contributed by atoms with Crippen LogP contribution in [0.3, 0.4) is 0 Å². The summed E-state index contributed by atoms with van der Waals surface area (Å²) in [6.45, 7) is 3.30. The van der Waals surface area contributed by atoms with Gasteiger partial charge in [0.15, 0.2) is 0 Å². The van der Waals surface area contributed by atoms with E-state index in [0.717, 1.165) is 17.4 Å². The molecule has 1 aromatic rings. The van der Waals surface area contributed by atoms with Crippen LogP contribution in [0, 0.1) is 30.6 Å². The Morgan fingerprint density at radius 3 is 3.00 bits per heavy atom. The van der Waals surface area contributed by atoms with Crippen molar-refractivity contribution < 1.29 is 0 Å². The van der Waals surface area contributed by atoms with E-state index in [9.17, 15) is 0 Å². The van der Waals surface area contributed by atoms with Crippen LogP contribution in [0.25, 0.3) is 0 Å². The van der Waals surface area contributed by atoms with E-state index < -0.39 is 0 Å². The molecule has 1 N–H and O–H groups in total. The first-order chi connectivity index (χ1) is 8.83. The van der Waals surface area contributed by atoms with Gasteiger partial charge >= 0.3 is 0 Å². The second-order valence-electron chi connectivity index (χ2n) is 5.73. The molecule has 1 aliphatic carbocycles. The molecule has 94 valence electrons. The first kappa shape index (κ1) is 11.8. The van der Waals surface area contributed by atoms with Gasteiger partial charge in [0.25, 0.3) is 0 Å². The van der Waals surface area contributed by atoms with Crippen molar-refractivity contribution in [2.75, 3.05) is 6.54 Å². The molecule has 1 heteroatoms. The minimum atomic E-state index is 0.427. The Hall–Kier alpha value is -1.26. The van der Waals surface area contributed by atoms with Gasteiger partial charge in [-0.15, -0.1) is 0 Å². The number of rotatable bonds is 0. The summed E-state index contributed by atoms with van der Waals surface area (Å²) in [5.41, 5.74) is 2.44. The highest BCUT2D eigenvalue weighted by molar-refractivity contribution is 5.38. The van der Waals surface area contributed by atoms with Gasteiger partial charge in [0.1, 0.15) is 0 Å². The first-order valence-corrected chi connectivity index (χ1v) is 7.14. The fourth-order valence-electron chi connectivity index (χ4n) is 3.40. The van der Waals surface area contributed by atoms with Crippen LogP contribution in [0.1, 0.15) is 36.8 Å². The number of nitrogens with one attached hydrogen (secondary N) is 1. The molecule has 0 spiro atoms. The van der Waals surface area contributed by atoms with E-state index in [1.54, 1.807) is 0 Å². The molecule has 0 amide bonds. The van der Waals surface area contributed by atoms with Gasteiger partial charge < -0.3 is 5.32 Å². The normalized spacial score (nSPS) is 30.4. The summed E-state index contributed by atoms with van der Waals surface area (Å²) in [6, 6.07) is 8.91. The van der Waals surface area contributed by atoms with Crippen molar-refractivity contribution in [1.82, 2.24) is 5.32 Å². The summed E-state index contributed by atoms with van der Waals surface area (Å²) in [5, 5.41) is 3.61. The fourth-order valence-corrected chi connectivity index (χ4v) is 3.40. The van der Waals surface area contributed by atoms with Gasteiger partial charge in [-0.2, -0.15) is 0 Å². The van der Waals surface area contributed by atoms with Crippen molar-refractivity contribution in [1.29, 1.82) is 0 Å². The quantitative estimate of drug-likeness (QED) is 0.686. The molecule has 18 heavy (non-hydrogen) atoms. The SMILES string of the molecule is Cc1cccc(C#CC2NCC3CCCCC32)c1. The molecular formula is C17H21N. The van der Waals surface area contributed by atoms with Crippen molar-refractivity contribution in [3.8, 4) is 11.8 Å². The zero-order valence-corrected chi connectivity index (χ0v) is 11.1.